The van der Waals surface area contributed by atoms with Gasteiger partial charge in [0.25, 0.3) is 0 Å². The normalized spacial score (nSPS) is 10.4. The summed E-state index contributed by atoms with van der Waals surface area (Å²) in [6.07, 6.45) is 44.9. The van der Waals surface area contributed by atoms with E-state index in [0.717, 1.165) is 17.3 Å². The Morgan fingerprint density at radius 3 is 0.523 bits per heavy atom. The van der Waals surface area contributed by atoms with Gasteiger partial charge in [0.05, 0.1) is 0 Å². The molecule has 266 valence electrons. The Bertz CT molecular complexity index is 311. The minimum atomic E-state index is 0.955. The first-order valence-electron chi connectivity index (χ1n) is 20.0. The van der Waals surface area contributed by atoms with Gasteiger partial charge in [0.15, 0.2) is 0 Å². The molecule has 0 unspecified atom stereocenters. The Morgan fingerprint density at radius 2 is 0.409 bits per heavy atom. The van der Waals surface area contributed by atoms with Gasteiger partial charge < -0.3 is 37.9 Å². The second-order valence-electron chi connectivity index (χ2n) is 12.8. The van der Waals surface area contributed by atoms with E-state index in [0.29, 0.717) is 0 Å². The van der Waals surface area contributed by atoms with Crippen LogP contribution in [-0.2, 0) is 37.9 Å². The van der Waals surface area contributed by atoms with Crippen LogP contribution in [0.5, 0.6) is 0 Å². The van der Waals surface area contributed by atoms with Gasteiger partial charge in [-0.15, -0.1) is 0 Å². The van der Waals surface area contributed by atoms with Crippen LogP contribution in [0.25, 0.3) is 0 Å². The predicted octanol–water partition coefficient (Wildman–Crippen LogP) is 14.7. The molecule has 0 N–H and O–H groups in total. The fourth-order valence-corrected chi connectivity index (χ4v) is 6.57. The molecule has 0 atom stereocenters. The number of hydrogen-bond donors (Lipinski definition) is 0. The van der Waals surface area contributed by atoms with Gasteiger partial charge in [-0.25, -0.2) is 0 Å². The van der Waals surface area contributed by atoms with Crippen LogP contribution in [0.2, 0.25) is 4.44 Å². The quantitative estimate of drug-likeness (QED) is 0.0379. The first-order valence-corrected chi connectivity index (χ1v) is 23.8. The molecule has 0 aliphatic carbocycles. The van der Waals surface area contributed by atoms with Gasteiger partial charge >= 0.3 is 46.7 Å². The van der Waals surface area contributed by atoms with Crippen molar-refractivity contribution >= 4 is 60.4 Å². The Hall–Kier alpha value is 1.85. The van der Waals surface area contributed by atoms with Crippen molar-refractivity contribution in [2.75, 3.05) is 17.3 Å². The minimum absolute atomic E-state index is 0.955. The molecule has 0 aromatic carbocycles. The molecule has 0 spiro atoms. The van der Waals surface area contributed by atoms with Gasteiger partial charge in [0.1, 0.15) is 0 Å². The Kier molecular flexibility index (Phi) is 72.0. The van der Waals surface area contributed by atoms with Gasteiger partial charge in [0.2, 0.25) is 0 Å². The fourth-order valence-electron chi connectivity index (χ4n) is 4.95. The van der Waals surface area contributed by atoms with E-state index in [-0.39, 0.29) is 0 Å². The summed E-state index contributed by atoms with van der Waals surface area (Å²) in [5.41, 5.74) is 0. The summed E-state index contributed by atoms with van der Waals surface area (Å²) in [7, 11) is 0. The van der Waals surface area contributed by atoms with Crippen molar-refractivity contribution in [2.45, 2.75) is 238 Å². The van der Waals surface area contributed by atoms with E-state index in [4.69, 9.17) is 37.9 Å². The standard InChI is InChI=1S/3C12H26S.C4H9.Sn/c3*1-2-3-4-5-6-7-8-9-10-11-12-13;1-3-4-2;/h3*13H,2-12H2,1H3;1,3-4H2,2H3;/q;;;;+3/p-3. The third-order valence-corrected chi connectivity index (χ3v) is 9.90. The maximum atomic E-state index is 4.90. The molecule has 0 amide bonds. The number of rotatable bonds is 32. The molecular formula is C40H84S3Sn. The molecule has 44 heavy (non-hydrogen) atoms. The van der Waals surface area contributed by atoms with Crippen LogP contribution in [-0.4, -0.2) is 39.8 Å². The molecule has 0 aromatic heterocycles. The fraction of sp³-hybridized carbons (Fsp3) is 1.00. The zero-order valence-electron chi connectivity index (χ0n) is 31.2. The van der Waals surface area contributed by atoms with Crippen molar-refractivity contribution in [1.82, 2.24) is 0 Å². The molecule has 0 bridgehead atoms. The average molecular weight is 780 g/mol. The summed E-state index contributed by atoms with van der Waals surface area (Å²) < 4.78 is 1.43. The average Bonchev–Trinajstić information content (AvgIpc) is 3.04. The molecule has 0 aliphatic rings. The first kappa shape index (κ1) is 52.7. The molecule has 0 aliphatic heterocycles. The molecule has 0 rings (SSSR count). The molecular weight excluding hydrogens is 695 g/mol. The summed E-state index contributed by atoms with van der Waals surface area (Å²) in [6.45, 7) is 9.04. The monoisotopic (exact) mass is 780 g/mol. The van der Waals surface area contributed by atoms with E-state index in [1.165, 1.54) is 210 Å². The summed E-state index contributed by atoms with van der Waals surface area (Å²) in [5.74, 6) is 2.86. The van der Waals surface area contributed by atoms with Crippen LogP contribution in [0.4, 0.5) is 0 Å². The van der Waals surface area contributed by atoms with Gasteiger partial charge in [-0.05, 0) is 0 Å². The van der Waals surface area contributed by atoms with E-state index >= 15 is 0 Å². The summed E-state index contributed by atoms with van der Waals surface area (Å²) >= 11 is 16.4. The molecule has 0 saturated carbocycles. The van der Waals surface area contributed by atoms with Crippen LogP contribution in [0.15, 0.2) is 0 Å². The van der Waals surface area contributed by atoms with Crippen molar-refractivity contribution in [3.05, 3.63) is 0 Å². The number of hydrogen-bond acceptors (Lipinski definition) is 3. The Balaban J connectivity index is -0.000000253. The number of unbranched alkanes of at least 4 members (excludes halogenated alkanes) is 28. The van der Waals surface area contributed by atoms with E-state index in [9.17, 15) is 0 Å². The second-order valence-corrected chi connectivity index (χ2v) is 15.4. The van der Waals surface area contributed by atoms with E-state index < -0.39 is 0 Å². The third-order valence-electron chi connectivity index (χ3n) is 8.02. The third kappa shape index (κ3) is 70.3. The first-order chi connectivity index (χ1) is 21.7. The van der Waals surface area contributed by atoms with Gasteiger partial charge in [-0.2, -0.15) is 17.3 Å². The van der Waals surface area contributed by atoms with E-state index in [1.54, 1.807) is 22.5 Å². The summed E-state index contributed by atoms with van der Waals surface area (Å²) in [6, 6.07) is 0. The van der Waals surface area contributed by atoms with Gasteiger partial charge in [-0.3, -0.25) is 0 Å². The molecule has 4 heteroatoms. The summed E-state index contributed by atoms with van der Waals surface area (Å²) in [5, 5.41) is 0. The van der Waals surface area contributed by atoms with Crippen molar-refractivity contribution < 1.29 is 0 Å². The van der Waals surface area contributed by atoms with Crippen molar-refractivity contribution in [1.29, 1.82) is 0 Å². The molecule has 0 fully saturated rings. The molecule has 0 saturated heterocycles. The zero-order valence-corrected chi connectivity index (χ0v) is 36.5. The van der Waals surface area contributed by atoms with Crippen molar-refractivity contribution in [3.8, 4) is 0 Å². The van der Waals surface area contributed by atoms with Crippen LogP contribution in [0.1, 0.15) is 233 Å². The second kappa shape index (κ2) is 60.2. The predicted molar refractivity (Wildman–Crippen MR) is 218 cm³/mol. The van der Waals surface area contributed by atoms with Crippen LogP contribution >= 0.6 is 0 Å². The molecule has 0 radical (unpaired) electrons. The molecule has 0 aromatic rings. The Labute approximate surface area is 313 Å². The maximum absolute atomic E-state index is 4.90. The SMILES string of the molecule is CCCCCCCCCCCC[S-].CCCCCCCCCCCC[S-].CCCCCCCCCCCC[S-].CCC[CH2][Sn+3]. The Morgan fingerprint density at radius 1 is 0.250 bits per heavy atom. The van der Waals surface area contributed by atoms with Crippen LogP contribution in [0, 0.1) is 0 Å². The van der Waals surface area contributed by atoms with Crippen molar-refractivity contribution in [3.63, 3.8) is 0 Å². The summed E-state index contributed by atoms with van der Waals surface area (Å²) in [4.78, 5) is 0. The zero-order chi connectivity index (χ0) is 33.5. The molecule has 0 heterocycles. The van der Waals surface area contributed by atoms with Crippen LogP contribution < -0.4 is 0 Å². The van der Waals surface area contributed by atoms with E-state index in [2.05, 4.69) is 27.7 Å². The van der Waals surface area contributed by atoms with Gasteiger partial charge in [-0.1, -0.05) is 213 Å². The molecule has 0 nitrogen and oxygen atoms in total. The van der Waals surface area contributed by atoms with E-state index in [1.807, 2.05) is 0 Å². The topological polar surface area (TPSA) is 0 Å². The van der Waals surface area contributed by atoms with Crippen molar-refractivity contribution in [2.24, 2.45) is 0 Å². The van der Waals surface area contributed by atoms with Crippen LogP contribution in [0.3, 0.4) is 0 Å². The van der Waals surface area contributed by atoms with Gasteiger partial charge in [0, 0.05) is 0 Å².